The van der Waals surface area contributed by atoms with Gasteiger partial charge in [-0.15, -0.1) is 13.2 Å². The Bertz CT molecular complexity index is 1710. The van der Waals surface area contributed by atoms with Crippen LogP contribution in [0.4, 0.5) is 39.3 Å². The van der Waals surface area contributed by atoms with Crippen molar-refractivity contribution in [2.75, 3.05) is 16.7 Å². The number of nitrogens with one attached hydrogen (secondary N) is 1. The number of benzene rings is 2. The zero-order chi connectivity index (χ0) is 30.7. The Morgan fingerprint density at radius 1 is 1.00 bits per heavy atom. The van der Waals surface area contributed by atoms with E-state index in [0.29, 0.717) is 12.1 Å². The summed E-state index contributed by atoms with van der Waals surface area (Å²) in [5, 5.41) is 0. The second kappa shape index (κ2) is 11.9. The number of hydrogen-bond acceptors (Lipinski definition) is 8. The maximum Gasteiger partial charge on any atom is 0.573 e. The van der Waals surface area contributed by atoms with E-state index in [4.69, 9.17) is 4.74 Å². The topological polar surface area (TPSA) is 124 Å². The summed E-state index contributed by atoms with van der Waals surface area (Å²) in [6, 6.07) is 8.11. The second-order valence-electron chi connectivity index (χ2n) is 8.33. The summed E-state index contributed by atoms with van der Waals surface area (Å²) >= 11 is 0. The zero-order valence-corrected chi connectivity index (χ0v) is 22.5. The van der Waals surface area contributed by atoms with Gasteiger partial charge in [-0.2, -0.15) is 0 Å². The number of pyridine rings is 1. The molecule has 1 N–H and O–H groups in total. The number of carbonyl (C=O) groups is 1. The zero-order valence-electron chi connectivity index (χ0n) is 21.7. The predicted octanol–water partition coefficient (Wildman–Crippen LogP) is 5.60. The molecule has 0 aliphatic rings. The van der Waals surface area contributed by atoms with E-state index in [2.05, 4.69) is 24.4 Å². The van der Waals surface area contributed by atoms with E-state index in [-0.39, 0.29) is 45.5 Å². The van der Waals surface area contributed by atoms with E-state index in [0.717, 1.165) is 35.6 Å². The number of halogens is 5. The molecule has 2 aromatic heterocycles. The average Bonchev–Trinajstić information content (AvgIpc) is 2.94. The maximum atomic E-state index is 15.4. The summed E-state index contributed by atoms with van der Waals surface area (Å²) in [5.74, 6) is -4.24. The van der Waals surface area contributed by atoms with Crippen LogP contribution in [0.15, 0.2) is 72.1 Å². The van der Waals surface area contributed by atoms with Crippen LogP contribution in [0.3, 0.4) is 0 Å². The summed E-state index contributed by atoms with van der Waals surface area (Å²) in [6.45, 7) is 1.53. The third-order valence-corrected chi connectivity index (χ3v) is 6.95. The molecule has 0 radical (unpaired) electrons. The summed E-state index contributed by atoms with van der Waals surface area (Å²) in [6.07, 6.45) is -1.80. The van der Waals surface area contributed by atoms with Crippen LogP contribution < -0.4 is 19.1 Å². The highest BCUT2D eigenvalue weighted by Crippen LogP contribution is 2.40. The second-order valence-corrected chi connectivity index (χ2v) is 10.0. The number of nitrogens with zero attached hydrogens (tertiary/aromatic N) is 4. The van der Waals surface area contributed by atoms with Gasteiger partial charge in [0.05, 0.1) is 12.8 Å². The van der Waals surface area contributed by atoms with Gasteiger partial charge in [0, 0.05) is 30.4 Å². The number of hydrogen-bond donors (Lipinski definition) is 1. The van der Waals surface area contributed by atoms with E-state index in [1.807, 2.05) is 0 Å². The lowest BCUT2D eigenvalue weighted by molar-refractivity contribution is -0.275. The molecule has 42 heavy (non-hydrogen) atoms. The molecule has 0 aliphatic heterocycles. The predicted molar refractivity (Wildman–Crippen MR) is 140 cm³/mol. The molecule has 0 unspecified atom stereocenters. The van der Waals surface area contributed by atoms with E-state index in [1.54, 1.807) is 0 Å². The van der Waals surface area contributed by atoms with Gasteiger partial charge in [-0.05, 0) is 42.0 Å². The maximum absolute atomic E-state index is 15.4. The molecule has 1 amide bonds. The lowest BCUT2D eigenvalue weighted by Crippen LogP contribution is -2.26. The number of aromatic nitrogens is 3. The molecule has 2 aromatic carbocycles. The number of ether oxygens (including phenoxy) is 2. The number of anilines is 3. The Labute approximate surface area is 235 Å². The Morgan fingerprint density at radius 3 is 2.36 bits per heavy atom. The molecule has 0 aliphatic carbocycles. The first-order valence-electron chi connectivity index (χ1n) is 11.8. The van der Waals surface area contributed by atoms with Gasteiger partial charge < -0.3 is 9.47 Å². The van der Waals surface area contributed by atoms with Crippen LogP contribution in [0.5, 0.6) is 11.5 Å². The Kier molecular flexibility index (Phi) is 8.56. The first-order valence-corrected chi connectivity index (χ1v) is 13.3. The van der Waals surface area contributed by atoms with Crippen molar-refractivity contribution in [3.63, 3.8) is 0 Å². The molecule has 2 heterocycles. The molecule has 220 valence electrons. The largest absolute Gasteiger partial charge is 0.573 e. The summed E-state index contributed by atoms with van der Waals surface area (Å²) in [5.41, 5.74) is -0.589. The summed E-state index contributed by atoms with van der Waals surface area (Å²) in [4.78, 5) is 25.3. The van der Waals surface area contributed by atoms with Crippen molar-refractivity contribution in [2.45, 2.75) is 24.6 Å². The summed E-state index contributed by atoms with van der Waals surface area (Å²) in [7, 11) is -2.91. The lowest BCUT2D eigenvalue weighted by Gasteiger charge is -2.24. The number of sulfonamides is 1. The van der Waals surface area contributed by atoms with E-state index < -0.39 is 39.7 Å². The first kappa shape index (κ1) is 30.1. The van der Waals surface area contributed by atoms with E-state index in [9.17, 15) is 30.8 Å². The van der Waals surface area contributed by atoms with Crippen molar-refractivity contribution in [3.8, 4) is 22.6 Å². The van der Waals surface area contributed by atoms with Gasteiger partial charge in [0.1, 0.15) is 34.4 Å². The van der Waals surface area contributed by atoms with Crippen molar-refractivity contribution in [1.29, 1.82) is 0 Å². The quantitative estimate of drug-likeness (QED) is 0.243. The van der Waals surface area contributed by atoms with Crippen LogP contribution in [-0.2, 0) is 14.8 Å². The molecular weight excluding hydrogens is 589 g/mol. The van der Waals surface area contributed by atoms with Crippen molar-refractivity contribution < 1.29 is 44.6 Å². The minimum Gasteiger partial charge on any atom is -0.495 e. The van der Waals surface area contributed by atoms with Gasteiger partial charge in [-0.1, -0.05) is 13.0 Å². The third-order valence-electron chi connectivity index (χ3n) is 5.61. The minimum atomic E-state index is -5.19. The molecule has 0 bridgehead atoms. The fraction of sp³-hybridized carbons (Fsp3) is 0.154. The highest BCUT2D eigenvalue weighted by Gasteiger charge is 2.33. The highest BCUT2D eigenvalue weighted by atomic mass is 32.2. The number of methoxy groups -OCH3 is 1. The van der Waals surface area contributed by atoms with Crippen LogP contribution in [-0.4, -0.2) is 42.7 Å². The fourth-order valence-electron chi connectivity index (χ4n) is 3.73. The van der Waals surface area contributed by atoms with E-state index in [1.165, 1.54) is 38.4 Å². The lowest BCUT2D eigenvalue weighted by atomic mass is 10.0. The van der Waals surface area contributed by atoms with E-state index >= 15 is 4.39 Å². The molecule has 0 fully saturated rings. The molecule has 0 atom stereocenters. The summed E-state index contributed by atoms with van der Waals surface area (Å²) < 4.78 is 104. The van der Waals surface area contributed by atoms with Gasteiger partial charge in [0.2, 0.25) is 5.91 Å². The SMILES string of the molecule is CCC(=O)N(c1ccc(S(=O)(=O)Nc2ccncn2)cn1)c1cc(F)c(-c2ccc(F)c(OC(F)(F)F)c2)cc1OC. The Hall–Kier alpha value is -4.86. The molecular formula is C26H20F5N5O5S. The monoisotopic (exact) mass is 609 g/mol. The van der Waals surface area contributed by atoms with Crippen LogP contribution in [0, 0.1) is 11.6 Å². The van der Waals surface area contributed by atoms with Gasteiger partial charge in [0.15, 0.2) is 11.6 Å². The molecule has 10 nitrogen and oxygen atoms in total. The van der Waals surface area contributed by atoms with Crippen molar-refractivity contribution in [2.24, 2.45) is 0 Å². The first-order chi connectivity index (χ1) is 19.8. The number of carbonyl (C=O) groups excluding carboxylic acids is 1. The number of alkyl halides is 3. The highest BCUT2D eigenvalue weighted by molar-refractivity contribution is 7.92. The molecule has 0 spiro atoms. The van der Waals surface area contributed by atoms with Gasteiger partial charge in [-0.3, -0.25) is 14.4 Å². The smallest absolute Gasteiger partial charge is 0.495 e. The standard InChI is InChI=1S/C26H20F5N5O5S/c1-3-25(37)36(24-7-5-16(13-33-24)42(38,39)35-23-8-9-32-14-34-23)20-12-19(28)17(11-22(20)40-2)15-4-6-18(27)21(10-15)41-26(29,30)31/h4-14H,3H2,1-2H3,(H,32,34,35). The molecule has 16 heteroatoms. The van der Waals surface area contributed by atoms with Crippen molar-refractivity contribution in [1.82, 2.24) is 15.0 Å². The molecule has 4 rings (SSSR count). The Balaban J connectivity index is 1.73. The van der Waals surface area contributed by atoms with Gasteiger partial charge >= 0.3 is 6.36 Å². The fourth-order valence-corrected chi connectivity index (χ4v) is 4.68. The van der Waals surface area contributed by atoms with Crippen LogP contribution >= 0.6 is 0 Å². The molecule has 0 saturated carbocycles. The van der Waals surface area contributed by atoms with Crippen LogP contribution in [0.25, 0.3) is 11.1 Å². The molecule has 0 saturated heterocycles. The molecule has 4 aromatic rings. The van der Waals surface area contributed by atoms with Crippen LogP contribution in [0.1, 0.15) is 13.3 Å². The third kappa shape index (κ3) is 6.71. The average molecular weight is 610 g/mol. The Morgan fingerprint density at radius 2 is 1.76 bits per heavy atom. The normalized spacial score (nSPS) is 11.6. The number of rotatable bonds is 9. The van der Waals surface area contributed by atoms with Gasteiger partial charge in [0.25, 0.3) is 10.0 Å². The minimum absolute atomic E-state index is 0.00964. The van der Waals surface area contributed by atoms with Crippen molar-refractivity contribution >= 4 is 33.3 Å². The van der Waals surface area contributed by atoms with Gasteiger partial charge in [-0.25, -0.2) is 32.2 Å². The van der Waals surface area contributed by atoms with Crippen molar-refractivity contribution in [3.05, 3.63) is 78.9 Å². The number of amides is 1. The van der Waals surface area contributed by atoms with Crippen LogP contribution in [0.2, 0.25) is 0 Å².